The first kappa shape index (κ1) is 19.3. The highest BCUT2D eigenvalue weighted by Crippen LogP contribution is 2.46. The van der Waals surface area contributed by atoms with Crippen LogP contribution in [0.4, 0.5) is 0 Å². The molecule has 3 aromatic rings. The molecule has 30 heavy (non-hydrogen) atoms. The molecule has 0 aliphatic carbocycles. The van der Waals surface area contributed by atoms with Crippen molar-refractivity contribution in [2.75, 3.05) is 39.3 Å². The van der Waals surface area contributed by atoms with Gasteiger partial charge in [-0.1, -0.05) is 36.4 Å². The standard InChI is InChI=1S/C24H28N4O2/c29-13-12-26-14-20-15-28(23(30)21-16-27-11-5-4-8-22(27)25-21)18-24(20,17-26)10-9-19-6-2-1-3-7-19/h1-8,11,16,20,29H,9-10,12-15,17-18H2/t20-,24+/m0/s1. The van der Waals surface area contributed by atoms with E-state index in [9.17, 15) is 9.90 Å². The third kappa shape index (κ3) is 3.50. The molecule has 156 valence electrons. The third-order valence-corrected chi connectivity index (χ3v) is 6.87. The van der Waals surface area contributed by atoms with Crippen molar-refractivity contribution in [1.29, 1.82) is 0 Å². The van der Waals surface area contributed by atoms with Crippen LogP contribution in [0.5, 0.6) is 0 Å². The number of amides is 1. The topological polar surface area (TPSA) is 61.1 Å². The number of hydrogen-bond acceptors (Lipinski definition) is 4. The lowest BCUT2D eigenvalue weighted by Crippen LogP contribution is -2.38. The Morgan fingerprint density at radius 2 is 1.93 bits per heavy atom. The van der Waals surface area contributed by atoms with Crippen LogP contribution in [0.3, 0.4) is 0 Å². The van der Waals surface area contributed by atoms with E-state index in [1.54, 1.807) is 0 Å². The van der Waals surface area contributed by atoms with Crippen LogP contribution in [0.2, 0.25) is 0 Å². The summed E-state index contributed by atoms with van der Waals surface area (Å²) >= 11 is 0. The molecule has 6 heteroatoms. The molecule has 0 radical (unpaired) electrons. The molecule has 2 aliphatic heterocycles. The van der Waals surface area contributed by atoms with Gasteiger partial charge in [-0.05, 0) is 36.5 Å². The van der Waals surface area contributed by atoms with Crippen LogP contribution in [-0.4, -0.2) is 69.5 Å². The Morgan fingerprint density at radius 1 is 1.10 bits per heavy atom. The number of pyridine rings is 1. The number of imidazole rings is 1. The first-order valence-electron chi connectivity index (χ1n) is 10.8. The van der Waals surface area contributed by atoms with Crippen molar-refractivity contribution in [2.24, 2.45) is 11.3 Å². The number of nitrogens with zero attached hydrogens (tertiary/aromatic N) is 4. The van der Waals surface area contributed by atoms with Gasteiger partial charge in [0.15, 0.2) is 0 Å². The van der Waals surface area contributed by atoms with Gasteiger partial charge in [0.1, 0.15) is 11.3 Å². The molecule has 5 rings (SSSR count). The predicted molar refractivity (Wildman–Crippen MR) is 115 cm³/mol. The summed E-state index contributed by atoms with van der Waals surface area (Å²) in [4.78, 5) is 22.2. The van der Waals surface area contributed by atoms with Crippen LogP contribution >= 0.6 is 0 Å². The number of aliphatic hydroxyl groups is 1. The first-order valence-corrected chi connectivity index (χ1v) is 10.8. The number of carbonyl (C=O) groups is 1. The molecule has 0 unspecified atom stereocenters. The summed E-state index contributed by atoms with van der Waals surface area (Å²) in [6, 6.07) is 16.4. The molecule has 6 nitrogen and oxygen atoms in total. The summed E-state index contributed by atoms with van der Waals surface area (Å²) in [6.07, 6.45) is 5.83. The predicted octanol–water partition coefficient (Wildman–Crippen LogP) is 2.33. The van der Waals surface area contributed by atoms with Crippen LogP contribution in [-0.2, 0) is 6.42 Å². The molecule has 1 amide bonds. The van der Waals surface area contributed by atoms with Crippen LogP contribution in [0, 0.1) is 11.3 Å². The molecule has 1 N–H and O–H groups in total. The van der Waals surface area contributed by atoms with E-state index in [4.69, 9.17) is 0 Å². The molecule has 0 bridgehead atoms. The van der Waals surface area contributed by atoms with Gasteiger partial charge in [-0.15, -0.1) is 0 Å². The van der Waals surface area contributed by atoms with E-state index in [0.717, 1.165) is 44.7 Å². The fourth-order valence-corrected chi connectivity index (χ4v) is 5.35. The summed E-state index contributed by atoms with van der Waals surface area (Å²) in [6.45, 7) is 4.32. The van der Waals surface area contributed by atoms with Crippen LogP contribution in [0.25, 0.3) is 5.65 Å². The monoisotopic (exact) mass is 404 g/mol. The summed E-state index contributed by atoms with van der Waals surface area (Å²) in [5, 5.41) is 9.42. The summed E-state index contributed by atoms with van der Waals surface area (Å²) < 4.78 is 1.90. The zero-order valence-corrected chi connectivity index (χ0v) is 17.2. The van der Waals surface area contributed by atoms with E-state index < -0.39 is 0 Å². The van der Waals surface area contributed by atoms with Crippen molar-refractivity contribution >= 4 is 11.6 Å². The Hall–Kier alpha value is -2.70. The number of hydrogen-bond donors (Lipinski definition) is 1. The minimum atomic E-state index is 0.0286. The van der Waals surface area contributed by atoms with Gasteiger partial charge in [0, 0.05) is 50.5 Å². The number of carbonyl (C=O) groups excluding carboxylic acids is 1. The SMILES string of the molecule is O=C(c1cn2ccccc2n1)N1C[C@@H]2CN(CCO)C[C@]2(CCc2ccccc2)C1. The van der Waals surface area contributed by atoms with Crippen molar-refractivity contribution in [2.45, 2.75) is 12.8 Å². The van der Waals surface area contributed by atoms with E-state index in [1.807, 2.05) is 46.0 Å². The quantitative estimate of drug-likeness (QED) is 0.685. The molecule has 2 saturated heterocycles. The Bertz CT molecular complexity index is 1000. The number of aliphatic hydroxyl groups excluding tert-OH is 1. The number of aromatic nitrogens is 2. The van der Waals surface area contributed by atoms with Crippen molar-refractivity contribution in [3.05, 3.63) is 72.2 Å². The lowest BCUT2D eigenvalue weighted by Gasteiger charge is -2.29. The van der Waals surface area contributed by atoms with Gasteiger partial charge >= 0.3 is 0 Å². The van der Waals surface area contributed by atoms with Gasteiger partial charge in [0.2, 0.25) is 0 Å². The number of rotatable bonds is 6. The largest absolute Gasteiger partial charge is 0.395 e. The number of likely N-dealkylation sites (tertiary alicyclic amines) is 2. The minimum Gasteiger partial charge on any atom is -0.395 e. The van der Waals surface area contributed by atoms with Gasteiger partial charge in [0.05, 0.1) is 6.61 Å². The number of fused-ring (bicyclic) bond motifs is 2. The van der Waals surface area contributed by atoms with Gasteiger partial charge < -0.3 is 19.3 Å². The average Bonchev–Trinajstić information content (AvgIpc) is 3.43. The number of β-amino-alcohol motifs (C(OH)–C–C–N with tert-alkyl or cyclic N) is 1. The Kier molecular flexibility index (Phi) is 5.05. The third-order valence-electron chi connectivity index (χ3n) is 6.87. The highest BCUT2D eigenvalue weighted by Gasteiger charge is 2.52. The molecule has 1 aromatic carbocycles. The molecule has 0 spiro atoms. The fourth-order valence-electron chi connectivity index (χ4n) is 5.35. The maximum Gasteiger partial charge on any atom is 0.274 e. The van der Waals surface area contributed by atoms with Crippen molar-refractivity contribution in [1.82, 2.24) is 19.2 Å². The Balaban J connectivity index is 1.35. The second kappa shape index (κ2) is 7.85. The van der Waals surface area contributed by atoms with Crippen molar-refractivity contribution in [3.8, 4) is 0 Å². The van der Waals surface area contributed by atoms with Gasteiger partial charge in [-0.2, -0.15) is 0 Å². The number of aryl methyl sites for hydroxylation is 1. The average molecular weight is 405 g/mol. The highest BCUT2D eigenvalue weighted by atomic mass is 16.3. The van der Waals surface area contributed by atoms with E-state index in [1.165, 1.54) is 5.56 Å². The van der Waals surface area contributed by atoms with E-state index >= 15 is 0 Å². The molecule has 2 atom stereocenters. The smallest absolute Gasteiger partial charge is 0.274 e. The fraction of sp³-hybridized carbons (Fsp3) is 0.417. The van der Waals surface area contributed by atoms with Crippen LogP contribution in [0.15, 0.2) is 60.9 Å². The van der Waals surface area contributed by atoms with Gasteiger partial charge in [-0.3, -0.25) is 4.79 Å². The van der Waals surface area contributed by atoms with Crippen LogP contribution in [0.1, 0.15) is 22.5 Å². The van der Waals surface area contributed by atoms with E-state index in [2.05, 4.69) is 34.1 Å². The normalized spacial score (nSPS) is 23.9. The molecular formula is C24H28N4O2. The lowest BCUT2D eigenvalue weighted by atomic mass is 9.76. The summed E-state index contributed by atoms with van der Waals surface area (Å²) in [5.74, 6) is 0.467. The van der Waals surface area contributed by atoms with E-state index in [0.29, 0.717) is 18.2 Å². The second-order valence-corrected chi connectivity index (χ2v) is 8.78. The van der Waals surface area contributed by atoms with Gasteiger partial charge in [0.25, 0.3) is 5.91 Å². The maximum absolute atomic E-state index is 13.3. The first-order chi connectivity index (χ1) is 14.7. The zero-order valence-electron chi connectivity index (χ0n) is 17.2. The minimum absolute atomic E-state index is 0.0286. The zero-order chi connectivity index (χ0) is 20.6. The summed E-state index contributed by atoms with van der Waals surface area (Å²) in [5.41, 5.74) is 2.75. The van der Waals surface area contributed by atoms with E-state index in [-0.39, 0.29) is 17.9 Å². The molecule has 4 heterocycles. The van der Waals surface area contributed by atoms with Gasteiger partial charge in [-0.25, -0.2) is 4.98 Å². The molecule has 2 aliphatic rings. The summed E-state index contributed by atoms with van der Waals surface area (Å²) in [7, 11) is 0. The molecular weight excluding hydrogens is 376 g/mol. The Morgan fingerprint density at radius 3 is 2.73 bits per heavy atom. The molecule has 0 saturated carbocycles. The molecule has 2 fully saturated rings. The second-order valence-electron chi connectivity index (χ2n) is 8.78. The van der Waals surface area contributed by atoms with Crippen LogP contribution < -0.4 is 0 Å². The highest BCUT2D eigenvalue weighted by molar-refractivity contribution is 5.93. The van der Waals surface area contributed by atoms with Crippen molar-refractivity contribution in [3.63, 3.8) is 0 Å². The number of benzene rings is 1. The molecule has 2 aromatic heterocycles. The lowest BCUT2D eigenvalue weighted by molar-refractivity contribution is 0.0748. The Labute approximate surface area is 176 Å². The maximum atomic E-state index is 13.3. The van der Waals surface area contributed by atoms with Crippen molar-refractivity contribution < 1.29 is 9.90 Å².